The van der Waals surface area contributed by atoms with Gasteiger partial charge in [-0.2, -0.15) is 4.98 Å². The third-order valence-corrected chi connectivity index (χ3v) is 1.48. The number of carbonyl (C=O) groups is 1. The zero-order valence-electron chi connectivity index (χ0n) is 8.31. The van der Waals surface area contributed by atoms with E-state index in [0.29, 0.717) is 5.82 Å². The van der Waals surface area contributed by atoms with Crippen LogP contribution in [-0.2, 0) is 10.2 Å². The minimum Gasteiger partial charge on any atom is -0.478 e. The fraction of sp³-hybridized carbons (Fsp3) is 0.444. The second-order valence-corrected chi connectivity index (χ2v) is 3.88. The first kappa shape index (κ1) is 10.4. The van der Waals surface area contributed by atoms with Gasteiger partial charge in [0.2, 0.25) is 0 Å². The van der Waals surface area contributed by atoms with Crippen LogP contribution in [0.5, 0.6) is 0 Å². The van der Waals surface area contributed by atoms with Gasteiger partial charge in [-0.25, -0.2) is 4.79 Å². The van der Waals surface area contributed by atoms with E-state index >= 15 is 0 Å². The highest BCUT2D eigenvalue weighted by Gasteiger charge is 2.20. The normalized spacial score (nSPS) is 12.2. The van der Waals surface area contributed by atoms with E-state index in [1.165, 1.54) is 6.08 Å². The smallest absolute Gasteiger partial charge is 0.328 e. The maximum atomic E-state index is 10.2. The second kappa shape index (κ2) is 3.61. The number of nitrogens with zero attached hydrogens (tertiary/aromatic N) is 2. The molecule has 76 valence electrons. The number of hydrogen-bond acceptors (Lipinski definition) is 4. The molecule has 0 spiro atoms. The van der Waals surface area contributed by atoms with Gasteiger partial charge in [0.25, 0.3) is 5.89 Å². The van der Waals surface area contributed by atoms with Gasteiger partial charge in [-0.15, -0.1) is 0 Å². The van der Waals surface area contributed by atoms with Gasteiger partial charge in [-0.3, -0.25) is 0 Å². The van der Waals surface area contributed by atoms with Crippen LogP contribution in [0.4, 0.5) is 0 Å². The van der Waals surface area contributed by atoms with Gasteiger partial charge in [0.15, 0.2) is 5.82 Å². The Hall–Kier alpha value is -1.65. The van der Waals surface area contributed by atoms with Gasteiger partial charge in [-0.1, -0.05) is 25.9 Å². The van der Waals surface area contributed by atoms with E-state index in [1.54, 1.807) is 0 Å². The van der Waals surface area contributed by atoms with Crippen LogP contribution in [0, 0.1) is 0 Å². The van der Waals surface area contributed by atoms with E-state index in [0.717, 1.165) is 6.08 Å². The largest absolute Gasteiger partial charge is 0.478 e. The molecule has 0 atom stereocenters. The Kier molecular flexibility index (Phi) is 2.69. The molecule has 0 aliphatic rings. The van der Waals surface area contributed by atoms with Crippen molar-refractivity contribution in [2.24, 2.45) is 0 Å². The molecule has 0 fully saturated rings. The average molecular weight is 196 g/mol. The molecule has 0 aromatic carbocycles. The SMILES string of the molecule is CC(C)(C)c1noc(C=CC(=O)O)n1. The van der Waals surface area contributed by atoms with Crippen molar-refractivity contribution in [3.05, 3.63) is 17.8 Å². The fourth-order valence-electron chi connectivity index (χ4n) is 0.750. The van der Waals surface area contributed by atoms with Crippen molar-refractivity contribution < 1.29 is 14.4 Å². The van der Waals surface area contributed by atoms with Crippen molar-refractivity contribution >= 4 is 12.0 Å². The molecule has 0 aliphatic carbocycles. The van der Waals surface area contributed by atoms with Gasteiger partial charge in [0, 0.05) is 17.6 Å². The number of aliphatic carboxylic acids is 1. The lowest BCUT2D eigenvalue weighted by Gasteiger charge is -2.10. The molecular formula is C9H12N2O3. The van der Waals surface area contributed by atoms with Crippen LogP contribution in [0.1, 0.15) is 32.5 Å². The summed E-state index contributed by atoms with van der Waals surface area (Å²) in [5, 5.41) is 12.1. The lowest BCUT2D eigenvalue weighted by atomic mass is 9.96. The van der Waals surface area contributed by atoms with E-state index in [2.05, 4.69) is 10.1 Å². The van der Waals surface area contributed by atoms with Crippen LogP contribution in [-0.4, -0.2) is 21.2 Å². The fourth-order valence-corrected chi connectivity index (χ4v) is 0.750. The van der Waals surface area contributed by atoms with Crippen molar-refractivity contribution in [3.8, 4) is 0 Å². The third kappa shape index (κ3) is 2.69. The summed E-state index contributed by atoms with van der Waals surface area (Å²) in [7, 11) is 0. The van der Waals surface area contributed by atoms with Crippen LogP contribution in [0.25, 0.3) is 6.08 Å². The van der Waals surface area contributed by atoms with Gasteiger partial charge in [0.1, 0.15) is 0 Å². The molecule has 5 nitrogen and oxygen atoms in total. The van der Waals surface area contributed by atoms with Gasteiger partial charge in [-0.05, 0) is 0 Å². The monoisotopic (exact) mass is 196 g/mol. The van der Waals surface area contributed by atoms with Crippen molar-refractivity contribution in [1.29, 1.82) is 0 Å². The van der Waals surface area contributed by atoms with E-state index < -0.39 is 5.97 Å². The predicted molar refractivity (Wildman–Crippen MR) is 49.7 cm³/mol. The summed E-state index contributed by atoms with van der Waals surface area (Å²) in [5.41, 5.74) is -0.196. The summed E-state index contributed by atoms with van der Waals surface area (Å²) in [6.07, 6.45) is 2.23. The third-order valence-electron chi connectivity index (χ3n) is 1.48. The minimum absolute atomic E-state index is 0.196. The number of rotatable bonds is 2. The Bertz CT molecular complexity index is 360. The first-order chi connectivity index (χ1) is 6.39. The zero-order chi connectivity index (χ0) is 10.8. The van der Waals surface area contributed by atoms with E-state index in [9.17, 15) is 4.79 Å². The molecule has 0 radical (unpaired) electrons. The molecule has 0 bridgehead atoms. The molecule has 0 unspecified atom stereocenters. The molecule has 1 heterocycles. The summed E-state index contributed by atoms with van der Waals surface area (Å²) in [4.78, 5) is 14.2. The van der Waals surface area contributed by atoms with Crippen LogP contribution < -0.4 is 0 Å². The first-order valence-electron chi connectivity index (χ1n) is 4.15. The summed E-state index contributed by atoms with van der Waals surface area (Å²) in [6.45, 7) is 5.84. The van der Waals surface area contributed by atoms with Gasteiger partial charge >= 0.3 is 5.97 Å². The van der Waals surface area contributed by atoms with Crippen molar-refractivity contribution in [3.63, 3.8) is 0 Å². The maximum Gasteiger partial charge on any atom is 0.328 e. The lowest BCUT2D eigenvalue weighted by Crippen LogP contribution is -2.13. The molecule has 1 aromatic rings. The highest BCUT2D eigenvalue weighted by Crippen LogP contribution is 2.18. The van der Waals surface area contributed by atoms with Gasteiger partial charge in [0.05, 0.1) is 0 Å². The summed E-state index contributed by atoms with van der Waals surface area (Å²) < 4.78 is 4.83. The highest BCUT2D eigenvalue weighted by molar-refractivity contribution is 5.84. The second-order valence-electron chi connectivity index (χ2n) is 3.88. The number of aromatic nitrogens is 2. The van der Waals surface area contributed by atoms with E-state index in [1.807, 2.05) is 20.8 Å². The predicted octanol–water partition coefficient (Wildman–Crippen LogP) is 1.46. The molecule has 1 rings (SSSR count). The van der Waals surface area contributed by atoms with E-state index in [4.69, 9.17) is 9.63 Å². The molecule has 0 saturated carbocycles. The Morgan fingerprint density at radius 3 is 2.57 bits per heavy atom. The van der Waals surface area contributed by atoms with Crippen LogP contribution in [0.15, 0.2) is 10.6 Å². The molecule has 14 heavy (non-hydrogen) atoms. The molecule has 0 saturated heterocycles. The standard InChI is InChI=1S/C9H12N2O3/c1-9(2,3)8-10-6(14-11-8)4-5-7(12)13/h4-5H,1-3H3,(H,12,13). The average Bonchev–Trinajstić information content (AvgIpc) is 2.47. The van der Waals surface area contributed by atoms with Crippen LogP contribution in [0.3, 0.4) is 0 Å². The summed E-state index contributed by atoms with van der Waals surface area (Å²) in [5.74, 6) is -0.277. The molecule has 1 aromatic heterocycles. The topological polar surface area (TPSA) is 76.2 Å². The van der Waals surface area contributed by atoms with Crippen molar-refractivity contribution in [2.45, 2.75) is 26.2 Å². The number of hydrogen-bond donors (Lipinski definition) is 1. The van der Waals surface area contributed by atoms with Crippen molar-refractivity contribution in [1.82, 2.24) is 10.1 Å². The number of carboxylic acid groups (broad SMARTS) is 1. The molecule has 0 aliphatic heterocycles. The molecule has 1 N–H and O–H groups in total. The van der Waals surface area contributed by atoms with Crippen molar-refractivity contribution in [2.75, 3.05) is 0 Å². The quantitative estimate of drug-likeness (QED) is 0.724. The highest BCUT2D eigenvalue weighted by atomic mass is 16.5. The molecule has 5 heteroatoms. The molecular weight excluding hydrogens is 184 g/mol. The first-order valence-corrected chi connectivity index (χ1v) is 4.15. The number of carboxylic acids is 1. The Balaban J connectivity index is 2.84. The van der Waals surface area contributed by atoms with Crippen LogP contribution >= 0.6 is 0 Å². The lowest BCUT2D eigenvalue weighted by molar-refractivity contribution is -0.131. The molecule has 0 amide bonds. The van der Waals surface area contributed by atoms with Gasteiger partial charge < -0.3 is 9.63 Å². The Morgan fingerprint density at radius 2 is 2.14 bits per heavy atom. The minimum atomic E-state index is -1.04. The van der Waals surface area contributed by atoms with E-state index in [-0.39, 0.29) is 11.3 Å². The Labute approximate surface area is 81.4 Å². The maximum absolute atomic E-state index is 10.2. The van der Waals surface area contributed by atoms with Crippen LogP contribution in [0.2, 0.25) is 0 Å². The summed E-state index contributed by atoms with van der Waals surface area (Å²) in [6, 6.07) is 0. The zero-order valence-corrected chi connectivity index (χ0v) is 8.31. The Morgan fingerprint density at radius 1 is 1.50 bits per heavy atom. The summed E-state index contributed by atoms with van der Waals surface area (Å²) >= 11 is 0.